The SMILES string of the molecule is CCN(CC1CC1)C(N)=NC1CC1. The van der Waals surface area contributed by atoms with E-state index in [0.29, 0.717) is 6.04 Å². The van der Waals surface area contributed by atoms with Gasteiger partial charge in [0.1, 0.15) is 0 Å². The molecular weight excluding hydrogens is 162 g/mol. The fraction of sp³-hybridized carbons (Fsp3) is 0.900. The van der Waals surface area contributed by atoms with Gasteiger partial charge in [-0.25, -0.2) is 4.99 Å². The summed E-state index contributed by atoms with van der Waals surface area (Å²) in [5.41, 5.74) is 5.92. The van der Waals surface area contributed by atoms with Crippen molar-refractivity contribution in [3.63, 3.8) is 0 Å². The molecule has 0 spiro atoms. The average molecular weight is 181 g/mol. The Morgan fingerprint density at radius 1 is 1.38 bits per heavy atom. The van der Waals surface area contributed by atoms with Crippen LogP contribution in [-0.2, 0) is 0 Å². The zero-order valence-electron chi connectivity index (χ0n) is 8.37. The van der Waals surface area contributed by atoms with Gasteiger partial charge in [-0.1, -0.05) is 0 Å². The Labute approximate surface area is 80.0 Å². The van der Waals surface area contributed by atoms with E-state index in [0.717, 1.165) is 25.0 Å². The number of hydrogen-bond acceptors (Lipinski definition) is 1. The van der Waals surface area contributed by atoms with Crippen LogP contribution in [-0.4, -0.2) is 30.0 Å². The van der Waals surface area contributed by atoms with Crippen molar-refractivity contribution in [1.82, 2.24) is 4.90 Å². The summed E-state index contributed by atoms with van der Waals surface area (Å²) in [6.45, 7) is 4.27. The Morgan fingerprint density at radius 2 is 2.08 bits per heavy atom. The fourth-order valence-electron chi connectivity index (χ4n) is 1.47. The molecular formula is C10H19N3. The maximum atomic E-state index is 5.92. The number of nitrogens with two attached hydrogens (primary N) is 1. The summed E-state index contributed by atoms with van der Waals surface area (Å²) in [6.07, 6.45) is 5.24. The lowest BCUT2D eigenvalue weighted by atomic mass is 10.4. The highest BCUT2D eigenvalue weighted by Gasteiger charge is 2.26. The highest BCUT2D eigenvalue weighted by atomic mass is 15.3. The molecule has 0 aromatic rings. The molecule has 0 aromatic carbocycles. The summed E-state index contributed by atoms with van der Waals surface area (Å²) in [4.78, 5) is 6.68. The van der Waals surface area contributed by atoms with Crippen molar-refractivity contribution < 1.29 is 0 Å². The van der Waals surface area contributed by atoms with Crippen molar-refractivity contribution in [2.75, 3.05) is 13.1 Å². The molecule has 3 heteroatoms. The Kier molecular flexibility index (Phi) is 2.42. The van der Waals surface area contributed by atoms with Crippen LogP contribution in [0.4, 0.5) is 0 Å². The lowest BCUT2D eigenvalue weighted by molar-refractivity contribution is 0.413. The van der Waals surface area contributed by atoms with E-state index in [4.69, 9.17) is 5.73 Å². The summed E-state index contributed by atoms with van der Waals surface area (Å²) in [6, 6.07) is 0.549. The smallest absolute Gasteiger partial charge is 0.191 e. The van der Waals surface area contributed by atoms with E-state index in [1.165, 1.54) is 25.7 Å². The van der Waals surface area contributed by atoms with Gasteiger partial charge >= 0.3 is 0 Å². The summed E-state index contributed by atoms with van der Waals surface area (Å²) in [7, 11) is 0. The van der Waals surface area contributed by atoms with E-state index in [1.54, 1.807) is 0 Å². The second-order valence-corrected chi connectivity index (χ2v) is 4.20. The van der Waals surface area contributed by atoms with Crippen LogP contribution in [0.3, 0.4) is 0 Å². The van der Waals surface area contributed by atoms with Gasteiger partial charge in [-0.2, -0.15) is 0 Å². The normalized spacial score (nSPS) is 23.3. The van der Waals surface area contributed by atoms with Crippen molar-refractivity contribution in [3.05, 3.63) is 0 Å². The van der Waals surface area contributed by atoms with Gasteiger partial charge in [-0.3, -0.25) is 0 Å². The molecule has 2 N–H and O–H groups in total. The lowest BCUT2D eigenvalue weighted by Crippen LogP contribution is -2.38. The standard InChI is InChI=1S/C10H19N3/c1-2-13(7-8-3-4-8)10(11)12-9-5-6-9/h8-9H,2-7H2,1H3,(H2,11,12). The molecule has 0 amide bonds. The van der Waals surface area contributed by atoms with Crippen LogP contribution in [0.2, 0.25) is 0 Å². The molecule has 0 bridgehead atoms. The number of hydrogen-bond donors (Lipinski definition) is 1. The molecule has 2 saturated carbocycles. The van der Waals surface area contributed by atoms with Crippen molar-refractivity contribution in [3.8, 4) is 0 Å². The molecule has 0 heterocycles. The molecule has 2 aliphatic carbocycles. The molecule has 2 aliphatic rings. The summed E-state index contributed by atoms with van der Waals surface area (Å²) in [5, 5.41) is 0. The number of guanidine groups is 1. The van der Waals surface area contributed by atoms with Crippen molar-refractivity contribution in [1.29, 1.82) is 0 Å². The van der Waals surface area contributed by atoms with Gasteiger partial charge < -0.3 is 10.6 Å². The quantitative estimate of drug-likeness (QED) is 0.523. The predicted octanol–water partition coefficient (Wildman–Crippen LogP) is 1.20. The first-order chi connectivity index (χ1) is 6.29. The molecule has 13 heavy (non-hydrogen) atoms. The summed E-state index contributed by atoms with van der Waals surface area (Å²) in [5.74, 6) is 1.67. The Morgan fingerprint density at radius 3 is 2.54 bits per heavy atom. The summed E-state index contributed by atoms with van der Waals surface area (Å²) >= 11 is 0. The Hall–Kier alpha value is -0.730. The zero-order chi connectivity index (χ0) is 9.26. The lowest BCUT2D eigenvalue weighted by Gasteiger charge is -2.21. The van der Waals surface area contributed by atoms with E-state index in [-0.39, 0.29) is 0 Å². The second-order valence-electron chi connectivity index (χ2n) is 4.20. The minimum atomic E-state index is 0.549. The number of rotatable bonds is 4. The van der Waals surface area contributed by atoms with Crippen LogP contribution in [0.1, 0.15) is 32.6 Å². The van der Waals surface area contributed by atoms with Crippen LogP contribution >= 0.6 is 0 Å². The second kappa shape index (κ2) is 3.56. The first-order valence-corrected chi connectivity index (χ1v) is 5.37. The molecule has 0 unspecified atom stereocenters. The molecule has 0 atom stereocenters. The number of nitrogens with zero attached hydrogens (tertiary/aromatic N) is 2. The molecule has 0 aliphatic heterocycles. The molecule has 0 aromatic heterocycles. The third-order valence-corrected chi connectivity index (χ3v) is 2.74. The van der Waals surface area contributed by atoms with Crippen LogP contribution in [0, 0.1) is 5.92 Å². The van der Waals surface area contributed by atoms with Crippen molar-refractivity contribution >= 4 is 5.96 Å². The zero-order valence-corrected chi connectivity index (χ0v) is 8.37. The van der Waals surface area contributed by atoms with E-state index in [1.807, 2.05) is 0 Å². The van der Waals surface area contributed by atoms with E-state index in [2.05, 4.69) is 16.8 Å². The van der Waals surface area contributed by atoms with Gasteiger partial charge in [-0.05, 0) is 38.5 Å². The molecule has 2 rings (SSSR count). The van der Waals surface area contributed by atoms with Crippen LogP contribution in [0.5, 0.6) is 0 Å². The Bertz CT molecular complexity index is 204. The van der Waals surface area contributed by atoms with Gasteiger partial charge in [0.2, 0.25) is 0 Å². The van der Waals surface area contributed by atoms with Gasteiger partial charge in [0, 0.05) is 13.1 Å². The minimum Gasteiger partial charge on any atom is -0.370 e. The van der Waals surface area contributed by atoms with Crippen molar-refractivity contribution in [2.24, 2.45) is 16.6 Å². The minimum absolute atomic E-state index is 0.549. The van der Waals surface area contributed by atoms with E-state index >= 15 is 0 Å². The predicted molar refractivity (Wildman–Crippen MR) is 54.6 cm³/mol. The number of aliphatic imine (C=N–C) groups is 1. The van der Waals surface area contributed by atoms with Gasteiger partial charge in [0.15, 0.2) is 5.96 Å². The Balaban J connectivity index is 1.84. The largest absolute Gasteiger partial charge is 0.370 e. The first-order valence-electron chi connectivity index (χ1n) is 5.37. The average Bonchev–Trinajstić information content (AvgIpc) is 2.94. The van der Waals surface area contributed by atoms with Crippen LogP contribution in [0.15, 0.2) is 4.99 Å². The van der Waals surface area contributed by atoms with Crippen LogP contribution < -0.4 is 5.73 Å². The maximum Gasteiger partial charge on any atom is 0.191 e. The highest BCUT2D eigenvalue weighted by Crippen LogP contribution is 2.30. The molecule has 2 fully saturated rings. The van der Waals surface area contributed by atoms with Gasteiger partial charge in [-0.15, -0.1) is 0 Å². The molecule has 74 valence electrons. The molecule has 0 saturated heterocycles. The van der Waals surface area contributed by atoms with E-state index < -0.39 is 0 Å². The first kappa shape index (κ1) is 8.85. The monoisotopic (exact) mass is 181 g/mol. The van der Waals surface area contributed by atoms with Gasteiger partial charge in [0.25, 0.3) is 0 Å². The third kappa shape index (κ3) is 2.61. The third-order valence-electron chi connectivity index (χ3n) is 2.74. The van der Waals surface area contributed by atoms with E-state index in [9.17, 15) is 0 Å². The van der Waals surface area contributed by atoms with Gasteiger partial charge in [0.05, 0.1) is 6.04 Å². The highest BCUT2D eigenvalue weighted by molar-refractivity contribution is 5.78. The maximum absolute atomic E-state index is 5.92. The molecule has 0 radical (unpaired) electrons. The fourth-order valence-corrected chi connectivity index (χ4v) is 1.47. The van der Waals surface area contributed by atoms with Crippen LogP contribution in [0.25, 0.3) is 0 Å². The molecule has 3 nitrogen and oxygen atoms in total. The van der Waals surface area contributed by atoms with Crippen molar-refractivity contribution in [2.45, 2.75) is 38.6 Å². The summed E-state index contributed by atoms with van der Waals surface area (Å²) < 4.78 is 0. The topological polar surface area (TPSA) is 41.6 Å².